The van der Waals surface area contributed by atoms with E-state index in [0.29, 0.717) is 19.3 Å². The van der Waals surface area contributed by atoms with Gasteiger partial charge in [-0.2, -0.15) is 0 Å². The fraction of sp³-hybridized carbons (Fsp3) is 0.786. The number of carbonyl (C=O) groups excluding carboxylic acids is 2. The number of esters is 1. The highest BCUT2D eigenvalue weighted by Crippen LogP contribution is 2.34. The average molecular weight is 300 g/mol. The number of carboxylic acids is 1. The lowest BCUT2D eigenvalue weighted by Crippen LogP contribution is -2.59. The molecule has 3 N–H and O–H groups in total. The molecule has 0 saturated heterocycles. The largest absolute Gasteiger partial charge is 0.481 e. The summed E-state index contributed by atoms with van der Waals surface area (Å²) in [6.07, 6.45) is 2.53. The molecule has 0 bridgehead atoms. The molecule has 7 nitrogen and oxygen atoms in total. The van der Waals surface area contributed by atoms with Crippen LogP contribution in [0.3, 0.4) is 0 Å². The van der Waals surface area contributed by atoms with Gasteiger partial charge in [0, 0.05) is 0 Å². The van der Waals surface area contributed by atoms with Crippen molar-refractivity contribution in [3.05, 3.63) is 0 Å². The molecule has 7 heteroatoms. The molecule has 0 heterocycles. The van der Waals surface area contributed by atoms with E-state index in [1.54, 1.807) is 0 Å². The number of carbonyl (C=O) groups is 3. The van der Waals surface area contributed by atoms with Crippen molar-refractivity contribution in [3.63, 3.8) is 0 Å². The van der Waals surface area contributed by atoms with Gasteiger partial charge in [-0.3, -0.25) is 4.79 Å². The van der Waals surface area contributed by atoms with E-state index >= 15 is 0 Å². The molecule has 1 rings (SSSR count). The van der Waals surface area contributed by atoms with E-state index in [4.69, 9.17) is 5.11 Å². The fourth-order valence-electron chi connectivity index (χ4n) is 2.50. The van der Waals surface area contributed by atoms with Gasteiger partial charge in [0.1, 0.15) is 6.04 Å². The molecule has 0 aromatic carbocycles. The van der Waals surface area contributed by atoms with Crippen LogP contribution in [0.25, 0.3) is 0 Å². The van der Waals surface area contributed by atoms with Gasteiger partial charge < -0.3 is 20.5 Å². The first-order chi connectivity index (χ1) is 9.78. The summed E-state index contributed by atoms with van der Waals surface area (Å²) in [6.45, 7) is 3.88. The second-order valence-corrected chi connectivity index (χ2v) is 6.01. The SMILES string of the molecule is COC(=O)C(CC(C)C)NC(=O)NC1(CC(=O)O)CCC1. The van der Waals surface area contributed by atoms with E-state index in [1.165, 1.54) is 7.11 Å². The molecular formula is C14H24N2O5. The minimum Gasteiger partial charge on any atom is -0.481 e. The number of carboxylic acid groups (broad SMARTS) is 1. The number of rotatable bonds is 7. The Labute approximate surface area is 124 Å². The van der Waals surface area contributed by atoms with Crippen LogP contribution in [0.1, 0.15) is 46.0 Å². The number of nitrogens with one attached hydrogen (secondary N) is 2. The second-order valence-electron chi connectivity index (χ2n) is 6.01. The van der Waals surface area contributed by atoms with Crippen LogP contribution in [-0.4, -0.2) is 41.8 Å². The fourth-order valence-corrected chi connectivity index (χ4v) is 2.50. The van der Waals surface area contributed by atoms with E-state index in [-0.39, 0.29) is 12.3 Å². The lowest BCUT2D eigenvalue weighted by molar-refractivity contribution is -0.143. The van der Waals surface area contributed by atoms with Gasteiger partial charge in [0.05, 0.1) is 19.1 Å². The van der Waals surface area contributed by atoms with Crippen LogP contribution in [0.4, 0.5) is 4.79 Å². The average Bonchev–Trinajstić information content (AvgIpc) is 2.33. The van der Waals surface area contributed by atoms with Crippen molar-refractivity contribution in [2.24, 2.45) is 5.92 Å². The monoisotopic (exact) mass is 300 g/mol. The molecule has 1 atom stereocenters. The molecular weight excluding hydrogens is 276 g/mol. The molecule has 1 unspecified atom stereocenters. The Morgan fingerprint density at radius 2 is 1.90 bits per heavy atom. The zero-order chi connectivity index (χ0) is 16.0. The first kappa shape index (κ1) is 17.3. The number of aliphatic carboxylic acids is 1. The van der Waals surface area contributed by atoms with Gasteiger partial charge in [0.2, 0.25) is 0 Å². The van der Waals surface area contributed by atoms with Crippen molar-refractivity contribution in [2.75, 3.05) is 7.11 Å². The summed E-state index contributed by atoms with van der Waals surface area (Å²) in [5, 5.41) is 14.2. The number of hydrogen-bond acceptors (Lipinski definition) is 4. The lowest BCUT2D eigenvalue weighted by atomic mass is 9.74. The first-order valence-corrected chi connectivity index (χ1v) is 7.16. The maximum atomic E-state index is 12.0. The van der Waals surface area contributed by atoms with Gasteiger partial charge in [-0.1, -0.05) is 13.8 Å². The number of ether oxygens (including phenoxy) is 1. The van der Waals surface area contributed by atoms with E-state index in [1.807, 2.05) is 13.8 Å². The highest BCUT2D eigenvalue weighted by molar-refractivity contribution is 5.84. The van der Waals surface area contributed by atoms with Gasteiger partial charge in [-0.15, -0.1) is 0 Å². The molecule has 1 fully saturated rings. The Kier molecular flexibility index (Phi) is 5.99. The molecule has 0 radical (unpaired) electrons. The standard InChI is InChI=1S/C14H24N2O5/c1-9(2)7-10(12(19)21-3)15-13(20)16-14(5-4-6-14)8-11(17)18/h9-10H,4-8H2,1-3H3,(H,17,18)(H2,15,16,20). The van der Waals surface area contributed by atoms with E-state index < -0.39 is 29.6 Å². The Balaban J connectivity index is 2.60. The summed E-state index contributed by atoms with van der Waals surface area (Å²) < 4.78 is 4.67. The first-order valence-electron chi connectivity index (χ1n) is 7.16. The zero-order valence-corrected chi connectivity index (χ0v) is 12.8. The van der Waals surface area contributed by atoms with Crippen LogP contribution in [0.5, 0.6) is 0 Å². The molecule has 1 saturated carbocycles. The van der Waals surface area contributed by atoms with Crippen LogP contribution in [0.2, 0.25) is 0 Å². The van der Waals surface area contributed by atoms with Gasteiger partial charge in [0.25, 0.3) is 0 Å². The van der Waals surface area contributed by atoms with Crippen molar-refractivity contribution in [1.29, 1.82) is 0 Å². The predicted octanol–water partition coefficient (Wildman–Crippen LogP) is 1.27. The molecule has 0 aromatic heterocycles. The van der Waals surface area contributed by atoms with Crippen molar-refractivity contribution in [3.8, 4) is 0 Å². The molecule has 1 aliphatic carbocycles. The Morgan fingerprint density at radius 3 is 2.29 bits per heavy atom. The number of urea groups is 1. The van der Waals surface area contributed by atoms with Crippen LogP contribution in [-0.2, 0) is 14.3 Å². The summed E-state index contributed by atoms with van der Waals surface area (Å²) in [5.41, 5.74) is -0.686. The van der Waals surface area contributed by atoms with Crippen LogP contribution < -0.4 is 10.6 Å². The third-order valence-electron chi connectivity index (χ3n) is 3.68. The smallest absolute Gasteiger partial charge is 0.328 e. The van der Waals surface area contributed by atoms with Crippen LogP contribution >= 0.6 is 0 Å². The normalized spacial score (nSPS) is 17.5. The molecule has 0 aromatic rings. The van der Waals surface area contributed by atoms with Gasteiger partial charge in [-0.25, -0.2) is 9.59 Å². The lowest BCUT2D eigenvalue weighted by Gasteiger charge is -2.41. The van der Waals surface area contributed by atoms with Crippen LogP contribution in [0.15, 0.2) is 0 Å². The molecule has 0 aliphatic heterocycles. The van der Waals surface area contributed by atoms with Crippen molar-refractivity contribution in [1.82, 2.24) is 10.6 Å². The highest BCUT2D eigenvalue weighted by Gasteiger charge is 2.40. The van der Waals surface area contributed by atoms with Crippen molar-refractivity contribution in [2.45, 2.75) is 57.5 Å². The van der Waals surface area contributed by atoms with Crippen LogP contribution in [0, 0.1) is 5.92 Å². The molecule has 0 spiro atoms. The van der Waals surface area contributed by atoms with E-state index in [2.05, 4.69) is 15.4 Å². The molecule has 120 valence electrons. The maximum absolute atomic E-state index is 12.0. The Hall–Kier alpha value is -1.79. The second kappa shape index (κ2) is 7.28. The number of methoxy groups -OCH3 is 1. The van der Waals surface area contributed by atoms with Gasteiger partial charge in [0.15, 0.2) is 0 Å². The summed E-state index contributed by atoms with van der Waals surface area (Å²) in [4.78, 5) is 34.5. The van der Waals surface area contributed by atoms with Crippen molar-refractivity contribution < 1.29 is 24.2 Å². The van der Waals surface area contributed by atoms with Crippen molar-refractivity contribution >= 4 is 18.0 Å². The summed E-state index contributed by atoms with van der Waals surface area (Å²) in [6, 6.07) is -1.25. The Morgan fingerprint density at radius 1 is 1.29 bits per heavy atom. The minimum atomic E-state index is -0.943. The van der Waals surface area contributed by atoms with Gasteiger partial charge >= 0.3 is 18.0 Å². The predicted molar refractivity (Wildman–Crippen MR) is 75.8 cm³/mol. The summed E-state index contributed by atoms with van der Waals surface area (Å²) in [5.74, 6) is -1.23. The van der Waals surface area contributed by atoms with E-state index in [9.17, 15) is 14.4 Å². The molecule has 21 heavy (non-hydrogen) atoms. The summed E-state index contributed by atoms with van der Waals surface area (Å²) in [7, 11) is 1.27. The highest BCUT2D eigenvalue weighted by atomic mass is 16.5. The number of hydrogen-bond donors (Lipinski definition) is 3. The quantitative estimate of drug-likeness (QED) is 0.614. The number of amides is 2. The zero-order valence-electron chi connectivity index (χ0n) is 12.8. The minimum absolute atomic E-state index is 0.104. The third kappa shape index (κ3) is 5.24. The summed E-state index contributed by atoms with van der Waals surface area (Å²) >= 11 is 0. The molecule has 2 amide bonds. The van der Waals surface area contributed by atoms with Gasteiger partial charge in [-0.05, 0) is 31.6 Å². The van der Waals surface area contributed by atoms with E-state index in [0.717, 1.165) is 6.42 Å². The molecule has 1 aliphatic rings. The topological polar surface area (TPSA) is 105 Å². The maximum Gasteiger partial charge on any atom is 0.328 e. The Bertz CT molecular complexity index is 404. The third-order valence-corrected chi connectivity index (χ3v) is 3.68.